The first-order chi connectivity index (χ1) is 13.1. The van der Waals surface area contributed by atoms with Gasteiger partial charge in [-0.25, -0.2) is 9.97 Å². The summed E-state index contributed by atoms with van der Waals surface area (Å²) in [5, 5.41) is 5.26. The molecule has 4 rings (SSSR count). The molecule has 0 unspecified atom stereocenters. The minimum Gasteiger partial charge on any atom is -0.470 e. The molecule has 136 valence electrons. The molecule has 0 aliphatic carbocycles. The summed E-state index contributed by atoms with van der Waals surface area (Å²) in [7, 11) is 0. The molecule has 0 amide bonds. The molecule has 4 heterocycles. The molecule has 2 N–H and O–H groups in total. The first-order valence-corrected chi connectivity index (χ1v) is 9.12. The van der Waals surface area contributed by atoms with Crippen LogP contribution in [0.25, 0.3) is 33.2 Å². The molecule has 4 aromatic rings. The monoisotopic (exact) mass is 377 g/mol. The van der Waals surface area contributed by atoms with E-state index < -0.39 is 0 Å². The third-order valence-corrected chi connectivity index (χ3v) is 4.33. The largest absolute Gasteiger partial charge is 0.470 e. The van der Waals surface area contributed by atoms with Crippen LogP contribution in [0.2, 0.25) is 0 Å². The maximum atomic E-state index is 5.62. The zero-order valence-corrected chi connectivity index (χ0v) is 15.9. The van der Waals surface area contributed by atoms with Crippen LogP contribution in [-0.2, 0) is 0 Å². The van der Waals surface area contributed by atoms with Crippen molar-refractivity contribution < 1.29 is 4.74 Å². The van der Waals surface area contributed by atoms with Gasteiger partial charge < -0.3 is 15.0 Å². The maximum absolute atomic E-state index is 5.62. The molecule has 0 radical (unpaired) electrons. The summed E-state index contributed by atoms with van der Waals surface area (Å²) < 4.78 is 5.62. The van der Waals surface area contributed by atoms with E-state index in [0.717, 1.165) is 33.2 Å². The van der Waals surface area contributed by atoms with Crippen molar-refractivity contribution in [3.63, 3.8) is 0 Å². The number of hydrogen-bond donors (Lipinski definition) is 2. The maximum Gasteiger partial charge on any atom is 0.213 e. The van der Waals surface area contributed by atoms with Gasteiger partial charge in [0, 0.05) is 47.0 Å². The highest BCUT2D eigenvalue weighted by Crippen LogP contribution is 2.26. The van der Waals surface area contributed by atoms with Gasteiger partial charge in [-0.05, 0) is 38.1 Å². The summed E-state index contributed by atoms with van der Waals surface area (Å²) in [4.78, 5) is 17.3. The quantitative estimate of drug-likeness (QED) is 0.514. The van der Waals surface area contributed by atoms with Crippen molar-refractivity contribution in [2.45, 2.75) is 19.9 Å². The van der Waals surface area contributed by atoms with E-state index in [2.05, 4.69) is 26.3 Å². The van der Waals surface area contributed by atoms with Crippen molar-refractivity contribution in [1.29, 1.82) is 0 Å². The van der Waals surface area contributed by atoms with Gasteiger partial charge in [0.25, 0.3) is 0 Å². The molecule has 7 heteroatoms. The Morgan fingerprint density at radius 1 is 1.15 bits per heavy atom. The second-order valence-electron chi connectivity index (χ2n) is 6.53. The van der Waals surface area contributed by atoms with E-state index in [1.54, 1.807) is 12.4 Å². The molecule has 0 fully saturated rings. The Balaban J connectivity index is 1.53. The van der Waals surface area contributed by atoms with Crippen LogP contribution in [0.15, 0.2) is 48.9 Å². The predicted octanol–water partition coefficient (Wildman–Crippen LogP) is 3.88. The fourth-order valence-corrected chi connectivity index (χ4v) is 3.19. The lowest BCUT2D eigenvalue weighted by atomic mass is 10.1. The predicted molar refractivity (Wildman–Crippen MR) is 111 cm³/mol. The molecule has 0 bridgehead atoms. The molecule has 4 aromatic heterocycles. The molecule has 0 aliphatic rings. The van der Waals surface area contributed by atoms with Crippen LogP contribution in [0, 0.1) is 0 Å². The number of fused-ring (bicyclic) bond motifs is 3. The average molecular weight is 377 g/mol. The smallest absolute Gasteiger partial charge is 0.213 e. The highest BCUT2D eigenvalue weighted by molar-refractivity contribution is 7.80. The van der Waals surface area contributed by atoms with Gasteiger partial charge in [-0.1, -0.05) is 12.2 Å². The summed E-state index contributed by atoms with van der Waals surface area (Å²) in [5.41, 5.74) is 3.63. The van der Waals surface area contributed by atoms with E-state index in [9.17, 15) is 0 Å². The van der Waals surface area contributed by atoms with Crippen LogP contribution >= 0.6 is 12.2 Å². The van der Waals surface area contributed by atoms with Crippen LogP contribution in [-0.4, -0.2) is 37.6 Å². The molecule has 0 aliphatic heterocycles. The molecule has 0 spiro atoms. The number of aromatic amines is 1. The Morgan fingerprint density at radius 2 is 2.04 bits per heavy atom. The minimum absolute atomic E-state index is 0.290. The van der Waals surface area contributed by atoms with Crippen LogP contribution < -0.4 is 10.1 Å². The lowest BCUT2D eigenvalue weighted by molar-refractivity contribution is 0.359. The number of thiocarbonyl (C=S) groups is 1. The van der Waals surface area contributed by atoms with Gasteiger partial charge in [-0.3, -0.25) is 4.98 Å². The van der Waals surface area contributed by atoms with Gasteiger partial charge in [0.15, 0.2) is 0 Å². The number of rotatable bonds is 5. The Labute approximate surface area is 162 Å². The molecule has 0 saturated carbocycles. The van der Waals surface area contributed by atoms with E-state index in [1.165, 1.54) is 0 Å². The number of hydrogen-bond acceptors (Lipinski definition) is 5. The van der Waals surface area contributed by atoms with E-state index >= 15 is 0 Å². The van der Waals surface area contributed by atoms with E-state index in [0.29, 0.717) is 17.5 Å². The zero-order chi connectivity index (χ0) is 18.8. The summed E-state index contributed by atoms with van der Waals surface area (Å²) in [6, 6.07) is 10.1. The second kappa shape index (κ2) is 7.28. The summed E-state index contributed by atoms with van der Waals surface area (Å²) >= 11 is 5.22. The van der Waals surface area contributed by atoms with Gasteiger partial charge in [0.05, 0.1) is 11.2 Å². The number of nitrogens with one attached hydrogen (secondary N) is 2. The fraction of sp³-hybridized carbons (Fsp3) is 0.200. The standard InChI is InChI=1S/C20H19N5OS/c1-12(2)23-19(27)11-26-18-6-3-13(9-22-18)16-5-4-14-15-10-21-8-7-17(15)25-20(14)24-16/h3-10,12H,11H2,1-2H3,(H,23,27)(H,24,25). The molecule has 0 aromatic carbocycles. The van der Waals surface area contributed by atoms with Gasteiger partial charge in [-0.2, -0.15) is 0 Å². The van der Waals surface area contributed by atoms with E-state index in [-0.39, 0.29) is 6.04 Å². The lowest BCUT2D eigenvalue weighted by Crippen LogP contribution is -2.32. The van der Waals surface area contributed by atoms with Gasteiger partial charge in [0.2, 0.25) is 5.88 Å². The van der Waals surface area contributed by atoms with Gasteiger partial charge >= 0.3 is 0 Å². The van der Waals surface area contributed by atoms with E-state index in [4.69, 9.17) is 21.9 Å². The topological polar surface area (TPSA) is 75.7 Å². The minimum atomic E-state index is 0.290. The first-order valence-electron chi connectivity index (χ1n) is 8.71. The van der Waals surface area contributed by atoms with Crippen LogP contribution in [0.3, 0.4) is 0 Å². The highest BCUT2D eigenvalue weighted by atomic mass is 32.1. The van der Waals surface area contributed by atoms with Crippen molar-refractivity contribution in [2.75, 3.05) is 6.61 Å². The number of nitrogens with zero attached hydrogens (tertiary/aromatic N) is 3. The molecule has 6 nitrogen and oxygen atoms in total. The Morgan fingerprint density at radius 3 is 2.81 bits per heavy atom. The third-order valence-electron chi connectivity index (χ3n) is 4.09. The average Bonchev–Trinajstić information content (AvgIpc) is 3.04. The van der Waals surface area contributed by atoms with E-state index in [1.807, 2.05) is 44.3 Å². The highest BCUT2D eigenvalue weighted by Gasteiger charge is 2.08. The Bertz CT molecular complexity index is 1100. The second-order valence-corrected chi connectivity index (χ2v) is 7.03. The zero-order valence-electron chi connectivity index (χ0n) is 15.1. The van der Waals surface area contributed by atoms with Gasteiger partial charge in [-0.15, -0.1) is 0 Å². The fourth-order valence-electron chi connectivity index (χ4n) is 2.90. The molecular formula is C20H19N5OS. The first kappa shape index (κ1) is 17.4. The number of H-pyrrole nitrogens is 1. The van der Waals surface area contributed by atoms with Crippen molar-refractivity contribution >= 4 is 39.1 Å². The lowest BCUT2D eigenvalue weighted by Gasteiger charge is -2.11. The van der Waals surface area contributed by atoms with Crippen molar-refractivity contribution in [1.82, 2.24) is 25.3 Å². The number of ether oxygens (including phenoxy) is 1. The Kier molecular flexibility index (Phi) is 4.68. The molecule has 0 saturated heterocycles. The van der Waals surface area contributed by atoms with Crippen LogP contribution in [0.4, 0.5) is 0 Å². The Hall–Kier alpha value is -3.06. The van der Waals surface area contributed by atoms with Crippen molar-refractivity contribution in [3.8, 4) is 17.1 Å². The van der Waals surface area contributed by atoms with Crippen LogP contribution in [0.1, 0.15) is 13.8 Å². The van der Waals surface area contributed by atoms with Gasteiger partial charge in [0.1, 0.15) is 17.2 Å². The van der Waals surface area contributed by atoms with Crippen molar-refractivity contribution in [2.24, 2.45) is 0 Å². The summed E-state index contributed by atoms with van der Waals surface area (Å²) in [6.07, 6.45) is 5.37. The summed E-state index contributed by atoms with van der Waals surface area (Å²) in [5.74, 6) is 0.532. The number of aromatic nitrogens is 4. The van der Waals surface area contributed by atoms with Crippen LogP contribution in [0.5, 0.6) is 5.88 Å². The third kappa shape index (κ3) is 3.73. The number of pyridine rings is 3. The molecule has 0 atom stereocenters. The molecule has 27 heavy (non-hydrogen) atoms. The normalized spacial score (nSPS) is 11.2. The SMILES string of the molecule is CC(C)NC(=S)COc1ccc(-c2ccc3c(n2)[nH]c2ccncc23)cn1. The van der Waals surface area contributed by atoms with Crippen molar-refractivity contribution in [3.05, 3.63) is 48.9 Å². The summed E-state index contributed by atoms with van der Waals surface area (Å²) in [6.45, 7) is 4.38. The molecular weight excluding hydrogens is 358 g/mol.